The molecule has 0 bridgehead atoms. The van der Waals surface area contributed by atoms with Crippen LogP contribution < -0.4 is 16.4 Å². The monoisotopic (exact) mass is 374 g/mol. The molecule has 0 fully saturated rings. The summed E-state index contributed by atoms with van der Waals surface area (Å²) >= 11 is 6.18. The molecule has 0 aliphatic heterocycles. The molecule has 0 unspecified atom stereocenters. The normalized spacial score (nSPS) is 11.1. The number of nitrogens with zero attached hydrogens (tertiary/aromatic N) is 1. The van der Waals surface area contributed by atoms with E-state index in [9.17, 15) is 9.59 Å². The van der Waals surface area contributed by atoms with E-state index in [-0.39, 0.29) is 34.3 Å². The number of pyridine rings is 1. The van der Waals surface area contributed by atoms with E-state index >= 15 is 0 Å². The summed E-state index contributed by atoms with van der Waals surface area (Å²) in [5.41, 5.74) is 8.96. The van der Waals surface area contributed by atoms with E-state index in [4.69, 9.17) is 17.3 Å². The van der Waals surface area contributed by atoms with Crippen molar-refractivity contribution in [1.82, 2.24) is 15.6 Å². The van der Waals surface area contributed by atoms with Crippen LogP contribution in [0.3, 0.4) is 0 Å². The third kappa shape index (κ3) is 4.52. The molecule has 0 saturated carbocycles. The summed E-state index contributed by atoms with van der Waals surface area (Å²) in [6.07, 6.45) is 0. The summed E-state index contributed by atoms with van der Waals surface area (Å²) in [6.45, 7) is 6.26. The third-order valence-corrected chi connectivity index (χ3v) is 4.24. The lowest BCUT2D eigenvalue weighted by Crippen LogP contribution is -2.35. The average Bonchev–Trinajstić information content (AvgIpc) is 2.58. The molecule has 1 heterocycles. The maximum absolute atomic E-state index is 12.2. The molecule has 138 valence electrons. The van der Waals surface area contributed by atoms with Crippen LogP contribution in [0.5, 0.6) is 0 Å². The van der Waals surface area contributed by atoms with Crippen LogP contribution in [0, 0.1) is 0 Å². The summed E-state index contributed by atoms with van der Waals surface area (Å²) in [5, 5.41) is 4.87. The van der Waals surface area contributed by atoms with Crippen molar-refractivity contribution >= 4 is 29.1 Å². The molecular weight excluding hydrogens is 352 g/mol. The SMILES string of the molecule is CNC(=O)CNC(=O)c1c(N)cc(-c2ccc(C(C)(C)C)cc2)nc1Cl. The van der Waals surface area contributed by atoms with Crippen molar-refractivity contribution in [2.24, 2.45) is 0 Å². The van der Waals surface area contributed by atoms with Gasteiger partial charge in [-0.15, -0.1) is 0 Å². The number of benzene rings is 1. The summed E-state index contributed by atoms with van der Waals surface area (Å²) < 4.78 is 0. The summed E-state index contributed by atoms with van der Waals surface area (Å²) in [6, 6.07) is 9.57. The first kappa shape index (κ1) is 19.7. The van der Waals surface area contributed by atoms with Gasteiger partial charge in [0, 0.05) is 18.3 Å². The summed E-state index contributed by atoms with van der Waals surface area (Å²) in [4.78, 5) is 27.8. The van der Waals surface area contributed by atoms with Gasteiger partial charge in [0.1, 0.15) is 5.15 Å². The molecular formula is C19H23ClN4O2. The van der Waals surface area contributed by atoms with Crippen LogP contribution in [0.25, 0.3) is 11.3 Å². The molecule has 0 aliphatic rings. The van der Waals surface area contributed by atoms with E-state index in [0.717, 1.165) is 5.56 Å². The van der Waals surface area contributed by atoms with Gasteiger partial charge >= 0.3 is 0 Å². The van der Waals surface area contributed by atoms with E-state index in [1.165, 1.54) is 12.6 Å². The van der Waals surface area contributed by atoms with Gasteiger partial charge in [-0.1, -0.05) is 56.6 Å². The van der Waals surface area contributed by atoms with E-state index in [2.05, 4.69) is 36.4 Å². The molecule has 26 heavy (non-hydrogen) atoms. The third-order valence-electron chi connectivity index (χ3n) is 3.97. The van der Waals surface area contributed by atoms with Gasteiger partial charge in [0.25, 0.3) is 5.91 Å². The van der Waals surface area contributed by atoms with E-state index in [0.29, 0.717) is 5.69 Å². The lowest BCUT2D eigenvalue weighted by atomic mass is 9.86. The standard InChI is InChI=1S/C19H23ClN4O2/c1-19(2,3)12-7-5-11(6-8-12)14-9-13(21)16(17(20)24-14)18(26)23-10-15(25)22-4/h5-9H,10H2,1-4H3,(H2,21,24)(H,22,25)(H,23,26). The van der Waals surface area contributed by atoms with Gasteiger partial charge in [-0.3, -0.25) is 9.59 Å². The molecule has 4 N–H and O–H groups in total. The molecule has 0 spiro atoms. The zero-order valence-electron chi connectivity index (χ0n) is 15.3. The van der Waals surface area contributed by atoms with Gasteiger partial charge in [0.2, 0.25) is 5.91 Å². The highest BCUT2D eigenvalue weighted by atomic mass is 35.5. The number of hydrogen-bond acceptors (Lipinski definition) is 4. The van der Waals surface area contributed by atoms with Crippen molar-refractivity contribution in [2.45, 2.75) is 26.2 Å². The van der Waals surface area contributed by atoms with Crippen molar-refractivity contribution in [1.29, 1.82) is 0 Å². The Balaban J connectivity index is 2.29. The minimum atomic E-state index is -0.543. The largest absolute Gasteiger partial charge is 0.398 e. The molecule has 1 aromatic heterocycles. The minimum Gasteiger partial charge on any atom is -0.398 e. The van der Waals surface area contributed by atoms with E-state index in [1.54, 1.807) is 6.07 Å². The molecule has 0 aliphatic carbocycles. The number of nitrogens with two attached hydrogens (primary N) is 1. The van der Waals surface area contributed by atoms with Crippen molar-refractivity contribution in [3.8, 4) is 11.3 Å². The highest BCUT2D eigenvalue weighted by molar-refractivity contribution is 6.33. The van der Waals surface area contributed by atoms with Gasteiger partial charge in [-0.05, 0) is 17.0 Å². The molecule has 2 aromatic rings. The molecule has 2 amide bonds. The van der Waals surface area contributed by atoms with Crippen LogP contribution in [0.15, 0.2) is 30.3 Å². The molecule has 2 rings (SSSR count). The Morgan fingerprint density at radius 3 is 2.31 bits per heavy atom. The Bertz CT molecular complexity index is 803. The van der Waals surface area contributed by atoms with E-state index < -0.39 is 5.91 Å². The first-order valence-electron chi connectivity index (χ1n) is 8.19. The predicted octanol–water partition coefficient (Wildman–Crippen LogP) is 2.76. The molecule has 0 radical (unpaired) electrons. The van der Waals surface area contributed by atoms with Gasteiger partial charge in [0.05, 0.1) is 17.8 Å². The topological polar surface area (TPSA) is 97.1 Å². The Kier molecular flexibility index (Phi) is 5.87. The number of nitrogen functional groups attached to an aromatic ring is 1. The van der Waals surface area contributed by atoms with Gasteiger partial charge in [0.15, 0.2) is 0 Å². The number of carbonyl (C=O) groups is 2. The maximum Gasteiger partial charge on any atom is 0.256 e. The molecule has 1 aromatic carbocycles. The van der Waals surface area contributed by atoms with Crippen LogP contribution >= 0.6 is 11.6 Å². The number of anilines is 1. The Hall–Kier alpha value is -2.60. The second kappa shape index (κ2) is 7.74. The molecule has 0 saturated heterocycles. The average molecular weight is 375 g/mol. The number of rotatable bonds is 4. The molecule has 7 heteroatoms. The number of halogens is 1. The predicted molar refractivity (Wildman–Crippen MR) is 104 cm³/mol. The number of aromatic nitrogens is 1. The lowest BCUT2D eigenvalue weighted by Gasteiger charge is -2.19. The van der Waals surface area contributed by atoms with Gasteiger partial charge < -0.3 is 16.4 Å². The number of nitrogens with one attached hydrogen (secondary N) is 2. The van der Waals surface area contributed by atoms with E-state index in [1.807, 2.05) is 24.3 Å². The lowest BCUT2D eigenvalue weighted by molar-refractivity contribution is -0.119. The highest BCUT2D eigenvalue weighted by Crippen LogP contribution is 2.29. The summed E-state index contributed by atoms with van der Waals surface area (Å²) in [7, 11) is 1.48. The van der Waals surface area contributed by atoms with Crippen LogP contribution in [0.2, 0.25) is 5.15 Å². The minimum absolute atomic E-state index is 0.00527. The number of likely N-dealkylation sites (N-methyl/N-ethyl adjacent to an activating group) is 1. The fourth-order valence-corrected chi connectivity index (χ4v) is 2.67. The quantitative estimate of drug-likeness (QED) is 0.717. The van der Waals surface area contributed by atoms with Crippen LogP contribution in [-0.2, 0) is 10.2 Å². The fourth-order valence-electron chi connectivity index (χ4n) is 2.38. The zero-order valence-corrected chi connectivity index (χ0v) is 16.1. The zero-order chi connectivity index (χ0) is 19.5. The van der Waals surface area contributed by atoms with Crippen molar-refractivity contribution in [2.75, 3.05) is 19.3 Å². The smallest absolute Gasteiger partial charge is 0.256 e. The first-order chi connectivity index (χ1) is 12.1. The van der Waals surface area contributed by atoms with Crippen LogP contribution in [0.1, 0.15) is 36.7 Å². The fraction of sp³-hybridized carbons (Fsp3) is 0.316. The Labute approximate surface area is 158 Å². The van der Waals surface area contributed by atoms with Crippen LogP contribution in [0.4, 0.5) is 5.69 Å². The second-order valence-corrected chi connectivity index (χ2v) is 7.30. The number of carbonyl (C=O) groups excluding carboxylic acids is 2. The first-order valence-corrected chi connectivity index (χ1v) is 8.57. The summed E-state index contributed by atoms with van der Waals surface area (Å²) in [5.74, 6) is -0.866. The van der Waals surface area contributed by atoms with Crippen molar-refractivity contribution < 1.29 is 9.59 Å². The Morgan fingerprint density at radius 2 is 1.81 bits per heavy atom. The maximum atomic E-state index is 12.2. The second-order valence-electron chi connectivity index (χ2n) is 6.95. The highest BCUT2D eigenvalue weighted by Gasteiger charge is 2.19. The van der Waals surface area contributed by atoms with Gasteiger partial charge in [-0.2, -0.15) is 0 Å². The van der Waals surface area contributed by atoms with Crippen LogP contribution in [-0.4, -0.2) is 30.4 Å². The van der Waals surface area contributed by atoms with Crippen molar-refractivity contribution in [3.05, 3.63) is 46.6 Å². The van der Waals surface area contributed by atoms with Crippen molar-refractivity contribution in [3.63, 3.8) is 0 Å². The number of hydrogen-bond donors (Lipinski definition) is 3. The molecule has 0 atom stereocenters. The molecule has 6 nitrogen and oxygen atoms in total. The Morgan fingerprint density at radius 1 is 1.19 bits per heavy atom. The van der Waals surface area contributed by atoms with Gasteiger partial charge in [-0.25, -0.2) is 4.98 Å². The number of amides is 2.